The molecule has 4 rings (SSSR count). The molecule has 2 aliphatic heterocycles. The molecular formula is C24H36IN5OS. The largest absolute Gasteiger partial charge is 0.497 e. The van der Waals surface area contributed by atoms with Crippen LogP contribution < -0.4 is 15.0 Å². The van der Waals surface area contributed by atoms with Gasteiger partial charge in [0.1, 0.15) is 5.75 Å². The predicted octanol–water partition coefficient (Wildman–Crippen LogP) is 4.16. The lowest BCUT2D eigenvalue weighted by Crippen LogP contribution is -2.53. The summed E-state index contributed by atoms with van der Waals surface area (Å²) in [5, 5.41) is 5.91. The van der Waals surface area contributed by atoms with Crippen LogP contribution in [0, 0.1) is 5.92 Å². The molecule has 0 spiro atoms. The lowest BCUT2D eigenvalue weighted by Gasteiger charge is -2.41. The Balaban J connectivity index is 0.00000289. The van der Waals surface area contributed by atoms with Crippen LogP contribution in [-0.2, 0) is 0 Å². The summed E-state index contributed by atoms with van der Waals surface area (Å²) in [6, 6.07) is 13.3. The number of aliphatic imine (C=N–C) groups is 1. The lowest BCUT2D eigenvalue weighted by molar-refractivity contribution is 0.124. The highest BCUT2D eigenvalue weighted by Crippen LogP contribution is 2.36. The molecule has 0 aliphatic carbocycles. The van der Waals surface area contributed by atoms with Gasteiger partial charge in [-0.3, -0.25) is 9.89 Å². The molecule has 2 fully saturated rings. The number of benzene rings is 1. The summed E-state index contributed by atoms with van der Waals surface area (Å²) in [5.41, 5.74) is 1.26. The fourth-order valence-corrected chi connectivity index (χ4v) is 5.89. The number of nitrogens with zero attached hydrogens (tertiary/aromatic N) is 4. The van der Waals surface area contributed by atoms with Crippen molar-refractivity contribution in [2.75, 3.05) is 65.4 Å². The topological polar surface area (TPSA) is 43.3 Å². The maximum Gasteiger partial charge on any atom is 0.193 e. The summed E-state index contributed by atoms with van der Waals surface area (Å²) in [6.07, 6.45) is 2.53. The Morgan fingerprint density at radius 1 is 1.12 bits per heavy atom. The third kappa shape index (κ3) is 5.88. The van der Waals surface area contributed by atoms with Gasteiger partial charge in [-0.25, -0.2) is 0 Å². The fourth-order valence-electron chi connectivity index (χ4n) is 4.91. The summed E-state index contributed by atoms with van der Waals surface area (Å²) >= 11 is 1.88. The average Bonchev–Trinajstić information content (AvgIpc) is 3.34. The molecule has 1 aromatic heterocycles. The highest BCUT2D eigenvalue weighted by atomic mass is 127. The number of piperazine rings is 1. The summed E-state index contributed by atoms with van der Waals surface area (Å²) in [4.78, 5) is 13.5. The number of hydrogen-bond acceptors (Lipinski definition) is 5. The Kier molecular flexibility index (Phi) is 9.48. The quantitative estimate of drug-likeness (QED) is 0.333. The van der Waals surface area contributed by atoms with Gasteiger partial charge in [0.2, 0.25) is 0 Å². The van der Waals surface area contributed by atoms with Crippen LogP contribution in [0.2, 0.25) is 0 Å². The highest BCUT2D eigenvalue weighted by molar-refractivity contribution is 14.0. The van der Waals surface area contributed by atoms with E-state index < -0.39 is 0 Å². The van der Waals surface area contributed by atoms with E-state index in [2.05, 4.69) is 61.7 Å². The molecule has 3 heterocycles. The number of piperidine rings is 1. The highest BCUT2D eigenvalue weighted by Gasteiger charge is 2.31. The summed E-state index contributed by atoms with van der Waals surface area (Å²) in [6.45, 7) is 6.10. The van der Waals surface area contributed by atoms with Crippen LogP contribution in [0.25, 0.3) is 0 Å². The molecular weight excluding hydrogens is 533 g/mol. The smallest absolute Gasteiger partial charge is 0.193 e. The van der Waals surface area contributed by atoms with Crippen molar-refractivity contribution in [1.29, 1.82) is 0 Å². The van der Waals surface area contributed by atoms with E-state index >= 15 is 0 Å². The second-order valence-corrected chi connectivity index (χ2v) is 9.42. The van der Waals surface area contributed by atoms with E-state index in [-0.39, 0.29) is 24.0 Å². The predicted molar refractivity (Wildman–Crippen MR) is 146 cm³/mol. The number of methoxy groups -OCH3 is 1. The van der Waals surface area contributed by atoms with E-state index in [1.807, 2.05) is 30.5 Å². The van der Waals surface area contributed by atoms with Gasteiger partial charge in [0.15, 0.2) is 5.96 Å². The lowest BCUT2D eigenvalue weighted by atomic mass is 9.88. The van der Waals surface area contributed by atoms with Crippen molar-refractivity contribution >= 4 is 47.0 Å². The van der Waals surface area contributed by atoms with Gasteiger partial charge in [0.05, 0.1) is 7.11 Å². The summed E-state index contributed by atoms with van der Waals surface area (Å²) in [5.74, 6) is 2.54. The van der Waals surface area contributed by atoms with Crippen LogP contribution in [0.3, 0.4) is 0 Å². The van der Waals surface area contributed by atoms with E-state index in [0.29, 0.717) is 12.0 Å². The first kappa shape index (κ1) is 25.1. The van der Waals surface area contributed by atoms with Crippen molar-refractivity contribution in [3.05, 3.63) is 46.7 Å². The normalized spacial score (nSPS) is 22.4. The van der Waals surface area contributed by atoms with Crippen molar-refractivity contribution in [3.63, 3.8) is 0 Å². The molecule has 176 valence electrons. The minimum absolute atomic E-state index is 0. The molecule has 2 aromatic rings. The maximum atomic E-state index is 5.28. The van der Waals surface area contributed by atoms with Crippen LogP contribution in [0.15, 0.2) is 46.8 Å². The van der Waals surface area contributed by atoms with Gasteiger partial charge in [0.25, 0.3) is 0 Å². The second kappa shape index (κ2) is 12.1. The van der Waals surface area contributed by atoms with Gasteiger partial charge >= 0.3 is 0 Å². The Hall–Kier alpha value is -1.52. The van der Waals surface area contributed by atoms with Crippen molar-refractivity contribution < 1.29 is 4.74 Å². The first-order valence-electron chi connectivity index (χ1n) is 11.3. The molecule has 2 aliphatic rings. The number of ether oxygens (including phenoxy) is 1. The van der Waals surface area contributed by atoms with Gasteiger partial charge in [-0.1, -0.05) is 6.07 Å². The Labute approximate surface area is 213 Å². The first-order valence-corrected chi connectivity index (χ1v) is 12.2. The maximum absolute atomic E-state index is 5.28. The number of likely N-dealkylation sites (tertiary alicyclic amines) is 1. The molecule has 32 heavy (non-hydrogen) atoms. The summed E-state index contributed by atoms with van der Waals surface area (Å²) in [7, 11) is 5.88. The van der Waals surface area contributed by atoms with Gasteiger partial charge in [-0.05, 0) is 68.1 Å². The van der Waals surface area contributed by atoms with Gasteiger partial charge in [0, 0.05) is 56.4 Å². The molecule has 2 unspecified atom stereocenters. The van der Waals surface area contributed by atoms with E-state index in [4.69, 9.17) is 4.74 Å². The van der Waals surface area contributed by atoms with E-state index in [1.165, 1.54) is 30.0 Å². The SMILES string of the molecule is CN=C(NCC1CCCN(C)C1c1cccs1)N1CCN(c2ccc(OC)cc2)CC1.I. The number of rotatable bonds is 5. The van der Waals surface area contributed by atoms with Crippen molar-refractivity contribution in [2.24, 2.45) is 10.9 Å². The average molecular weight is 570 g/mol. The summed E-state index contributed by atoms with van der Waals surface area (Å²) < 4.78 is 5.28. The standard InChI is InChI=1S/C24H35N5OS.HI/c1-25-24(26-18-19-6-4-12-27(2)23(19)22-7-5-17-31-22)29-15-13-28(14-16-29)20-8-10-21(30-3)11-9-20;/h5,7-11,17,19,23H,4,6,12-16,18H2,1-3H3,(H,25,26);1H. The molecule has 1 N–H and O–H groups in total. The van der Waals surface area contributed by atoms with Gasteiger partial charge in [-0.15, -0.1) is 35.3 Å². The number of anilines is 1. The zero-order valence-electron chi connectivity index (χ0n) is 19.4. The van der Waals surface area contributed by atoms with Crippen molar-refractivity contribution in [2.45, 2.75) is 18.9 Å². The molecule has 0 amide bonds. The second-order valence-electron chi connectivity index (χ2n) is 8.44. The van der Waals surface area contributed by atoms with E-state index in [0.717, 1.165) is 44.4 Å². The number of nitrogens with one attached hydrogen (secondary N) is 1. The van der Waals surface area contributed by atoms with E-state index in [9.17, 15) is 0 Å². The number of thiophene rings is 1. The van der Waals surface area contributed by atoms with Crippen LogP contribution in [0.4, 0.5) is 5.69 Å². The number of halogens is 1. The molecule has 1 aromatic carbocycles. The molecule has 0 bridgehead atoms. The van der Waals surface area contributed by atoms with E-state index in [1.54, 1.807) is 7.11 Å². The van der Waals surface area contributed by atoms with Crippen LogP contribution >= 0.6 is 35.3 Å². The zero-order chi connectivity index (χ0) is 21.6. The van der Waals surface area contributed by atoms with Crippen molar-refractivity contribution in [1.82, 2.24) is 15.1 Å². The molecule has 0 saturated carbocycles. The Morgan fingerprint density at radius 2 is 1.88 bits per heavy atom. The van der Waals surface area contributed by atoms with Crippen LogP contribution in [0.5, 0.6) is 5.75 Å². The molecule has 8 heteroatoms. The number of hydrogen-bond donors (Lipinski definition) is 1. The Bertz CT molecular complexity index is 837. The monoisotopic (exact) mass is 569 g/mol. The van der Waals surface area contributed by atoms with Gasteiger partial charge < -0.3 is 19.9 Å². The minimum Gasteiger partial charge on any atom is -0.497 e. The molecule has 6 nitrogen and oxygen atoms in total. The number of guanidine groups is 1. The minimum atomic E-state index is 0. The molecule has 2 atom stereocenters. The van der Waals surface area contributed by atoms with Crippen LogP contribution in [-0.4, -0.2) is 76.2 Å². The van der Waals surface area contributed by atoms with Crippen molar-refractivity contribution in [3.8, 4) is 5.75 Å². The van der Waals surface area contributed by atoms with Crippen LogP contribution in [0.1, 0.15) is 23.8 Å². The molecule has 0 radical (unpaired) electrons. The molecule has 2 saturated heterocycles. The van der Waals surface area contributed by atoms with Gasteiger partial charge in [-0.2, -0.15) is 0 Å². The Morgan fingerprint density at radius 3 is 2.50 bits per heavy atom. The third-order valence-electron chi connectivity index (χ3n) is 6.59. The first-order chi connectivity index (χ1) is 15.2. The zero-order valence-corrected chi connectivity index (χ0v) is 22.5. The third-order valence-corrected chi connectivity index (χ3v) is 7.54. The fraction of sp³-hybridized carbons (Fsp3) is 0.542.